The number of nitro groups is 1. The standard InChI is InChI=1S/C10H8F4N2O4/c11-6-3-5(4-7(8(6)17)16(19)20)1-2-15-9(18)10(12,13)14/h3-4,17H,1-2H2,(H,15,18). The molecule has 0 fully saturated rings. The second kappa shape index (κ2) is 5.72. The lowest BCUT2D eigenvalue weighted by molar-refractivity contribution is -0.386. The van der Waals surface area contributed by atoms with E-state index in [2.05, 4.69) is 0 Å². The van der Waals surface area contributed by atoms with Crippen LogP contribution >= 0.6 is 0 Å². The van der Waals surface area contributed by atoms with Gasteiger partial charge < -0.3 is 10.4 Å². The third-order valence-electron chi connectivity index (χ3n) is 2.26. The van der Waals surface area contributed by atoms with Gasteiger partial charge in [0.2, 0.25) is 5.75 Å². The van der Waals surface area contributed by atoms with Gasteiger partial charge in [-0.25, -0.2) is 4.39 Å². The average molecular weight is 296 g/mol. The lowest BCUT2D eigenvalue weighted by atomic mass is 10.1. The van der Waals surface area contributed by atoms with Gasteiger partial charge in [-0.2, -0.15) is 13.2 Å². The number of rotatable bonds is 4. The van der Waals surface area contributed by atoms with Crippen LogP contribution in [0.25, 0.3) is 0 Å². The summed E-state index contributed by atoms with van der Waals surface area (Å²) in [5.74, 6) is -4.58. The number of halogens is 4. The van der Waals surface area contributed by atoms with Crippen LogP contribution in [0.4, 0.5) is 23.2 Å². The van der Waals surface area contributed by atoms with Gasteiger partial charge in [0.25, 0.3) is 0 Å². The molecule has 0 aliphatic heterocycles. The smallest absolute Gasteiger partial charge is 0.471 e. The minimum absolute atomic E-state index is 0.0329. The Morgan fingerprint density at radius 3 is 2.50 bits per heavy atom. The van der Waals surface area contributed by atoms with E-state index in [-0.39, 0.29) is 12.0 Å². The second-order valence-electron chi connectivity index (χ2n) is 3.71. The van der Waals surface area contributed by atoms with Crippen molar-refractivity contribution in [3.8, 4) is 5.75 Å². The number of nitrogens with one attached hydrogen (secondary N) is 1. The average Bonchev–Trinajstić information content (AvgIpc) is 2.31. The Kier molecular flexibility index (Phi) is 4.48. The molecule has 10 heteroatoms. The number of hydrogen-bond acceptors (Lipinski definition) is 4. The van der Waals surface area contributed by atoms with E-state index < -0.39 is 40.8 Å². The Balaban J connectivity index is 2.75. The van der Waals surface area contributed by atoms with E-state index in [1.165, 1.54) is 5.32 Å². The fraction of sp³-hybridized carbons (Fsp3) is 0.300. The molecule has 0 aromatic heterocycles. The number of benzene rings is 1. The summed E-state index contributed by atoms with van der Waals surface area (Å²) in [6.07, 6.45) is -5.30. The fourth-order valence-corrected chi connectivity index (χ4v) is 1.34. The number of alkyl halides is 3. The van der Waals surface area contributed by atoms with Crippen LogP contribution < -0.4 is 5.32 Å². The van der Waals surface area contributed by atoms with Crippen molar-refractivity contribution < 1.29 is 32.4 Å². The van der Waals surface area contributed by atoms with Crippen molar-refractivity contribution in [3.63, 3.8) is 0 Å². The van der Waals surface area contributed by atoms with Gasteiger partial charge in [0.1, 0.15) is 0 Å². The van der Waals surface area contributed by atoms with Gasteiger partial charge in [-0.05, 0) is 18.1 Å². The first kappa shape index (κ1) is 15.7. The first-order valence-electron chi connectivity index (χ1n) is 5.13. The Labute approximate surface area is 109 Å². The second-order valence-corrected chi connectivity index (χ2v) is 3.71. The van der Waals surface area contributed by atoms with Crippen LogP contribution in [0.2, 0.25) is 0 Å². The van der Waals surface area contributed by atoms with Crippen LogP contribution in [0.1, 0.15) is 5.56 Å². The van der Waals surface area contributed by atoms with Crippen LogP contribution in [0.3, 0.4) is 0 Å². The first-order valence-corrected chi connectivity index (χ1v) is 5.13. The number of aromatic hydroxyl groups is 1. The molecular formula is C10H8F4N2O4. The van der Waals surface area contributed by atoms with Crippen LogP contribution in [0.15, 0.2) is 12.1 Å². The van der Waals surface area contributed by atoms with E-state index >= 15 is 0 Å². The van der Waals surface area contributed by atoms with Gasteiger partial charge in [-0.1, -0.05) is 0 Å². The zero-order valence-electron chi connectivity index (χ0n) is 9.70. The molecule has 0 bridgehead atoms. The van der Waals surface area contributed by atoms with E-state index in [0.29, 0.717) is 0 Å². The van der Waals surface area contributed by atoms with Crippen molar-refractivity contribution in [2.24, 2.45) is 0 Å². The number of nitro benzene ring substituents is 1. The highest BCUT2D eigenvalue weighted by molar-refractivity contribution is 5.81. The van der Waals surface area contributed by atoms with Gasteiger partial charge >= 0.3 is 17.8 Å². The summed E-state index contributed by atoms with van der Waals surface area (Å²) in [5, 5.41) is 21.1. The van der Waals surface area contributed by atoms with Crippen LogP contribution in [0, 0.1) is 15.9 Å². The van der Waals surface area contributed by atoms with Crippen molar-refractivity contribution in [3.05, 3.63) is 33.6 Å². The summed E-state index contributed by atoms with van der Waals surface area (Å²) < 4.78 is 48.8. The first-order chi connectivity index (χ1) is 9.12. The maximum Gasteiger partial charge on any atom is 0.471 e. The maximum atomic E-state index is 13.2. The Morgan fingerprint density at radius 1 is 1.40 bits per heavy atom. The highest BCUT2D eigenvalue weighted by Crippen LogP contribution is 2.30. The largest absolute Gasteiger partial charge is 0.500 e. The van der Waals surface area contributed by atoms with E-state index in [4.69, 9.17) is 5.11 Å². The molecule has 0 atom stereocenters. The normalized spacial score (nSPS) is 11.2. The summed E-state index contributed by atoms with van der Waals surface area (Å²) in [7, 11) is 0. The molecule has 0 aliphatic rings. The Morgan fingerprint density at radius 2 is 2.00 bits per heavy atom. The van der Waals surface area contributed by atoms with Crippen molar-refractivity contribution in [1.82, 2.24) is 5.32 Å². The molecule has 0 aliphatic carbocycles. The van der Waals surface area contributed by atoms with Crippen LogP contribution in [-0.2, 0) is 11.2 Å². The number of phenols is 1. The minimum Gasteiger partial charge on any atom is -0.500 e. The summed E-state index contributed by atoms with van der Waals surface area (Å²) >= 11 is 0. The molecule has 0 saturated heterocycles. The lowest BCUT2D eigenvalue weighted by Gasteiger charge is -2.08. The molecule has 0 heterocycles. The van der Waals surface area contributed by atoms with Crippen molar-refractivity contribution in [2.75, 3.05) is 6.54 Å². The fourth-order valence-electron chi connectivity index (χ4n) is 1.34. The number of phenolic OH excluding ortho intramolecular Hbond substituents is 1. The Hall–Kier alpha value is -2.39. The zero-order chi connectivity index (χ0) is 15.5. The molecule has 110 valence electrons. The highest BCUT2D eigenvalue weighted by Gasteiger charge is 2.38. The highest BCUT2D eigenvalue weighted by atomic mass is 19.4. The molecule has 0 unspecified atom stereocenters. The quantitative estimate of drug-likeness (QED) is 0.502. The summed E-state index contributed by atoms with van der Waals surface area (Å²) in [4.78, 5) is 20.0. The number of hydrogen-bond donors (Lipinski definition) is 2. The topological polar surface area (TPSA) is 92.5 Å². The van der Waals surface area contributed by atoms with E-state index in [1.807, 2.05) is 0 Å². The SMILES string of the molecule is O=C(NCCc1cc(F)c(O)c([N+](=O)[O-])c1)C(F)(F)F. The van der Waals surface area contributed by atoms with Gasteiger partial charge in [0.05, 0.1) is 4.92 Å². The van der Waals surface area contributed by atoms with Gasteiger partial charge in [0.15, 0.2) is 5.82 Å². The molecular weight excluding hydrogens is 288 g/mol. The molecule has 1 aromatic carbocycles. The molecule has 20 heavy (non-hydrogen) atoms. The van der Waals surface area contributed by atoms with Gasteiger partial charge in [0, 0.05) is 12.6 Å². The number of carbonyl (C=O) groups excluding carboxylic acids is 1. The Bertz CT molecular complexity index is 545. The predicted octanol–water partition coefficient (Wildman–Crippen LogP) is 1.66. The molecule has 6 nitrogen and oxygen atoms in total. The third-order valence-corrected chi connectivity index (χ3v) is 2.26. The van der Waals surface area contributed by atoms with E-state index in [9.17, 15) is 32.5 Å². The lowest BCUT2D eigenvalue weighted by Crippen LogP contribution is -2.37. The third kappa shape index (κ3) is 3.80. The summed E-state index contributed by atoms with van der Waals surface area (Å²) in [6, 6.07) is 1.56. The molecule has 1 aromatic rings. The molecule has 1 rings (SSSR count). The van der Waals surface area contributed by atoms with Gasteiger partial charge in [-0.15, -0.1) is 0 Å². The van der Waals surface area contributed by atoms with E-state index in [0.717, 1.165) is 12.1 Å². The van der Waals surface area contributed by atoms with Crippen LogP contribution in [0.5, 0.6) is 5.75 Å². The number of nitrogens with zero attached hydrogens (tertiary/aromatic N) is 1. The molecule has 1 amide bonds. The zero-order valence-corrected chi connectivity index (χ0v) is 9.70. The molecule has 0 radical (unpaired) electrons. The van der Waals surface area contributed by atoms with Crippen molar-refractivity contribution in [1.29, 1.82) is 0 Å². The van der Waals surface area contributed by atoms with Crippen molar-refractivity contribution >= 4 is 11.6 Å². The maximum absolute atomic E-state index is 13.2. The molecule has 2 N–H and O–H groups in total. The summed E-state index contributed by atoms with van der Waals surface area (Å²) in [6.45, 7) is -0.486. The monoisotopic (exact) mass is 296 g/mol. The number of amides is 1. The van der Waals surface area contributed by atoms with E-state index in [1.54, 1.807) is 0 Å². The minimum atomic E-state index is -5.04. The molecule has 0 spiro atoms. The van der Waals surface area contributed by atoms with Crippen molar-refractivity contribution in [2.45, 2.75) is 12.6 Å². The molecule has 0 saturated carbocycles. The number of carbonyl (C=O) groups is 1. The van der Waals surface area contributed by atoms with Crippen LogP contribution in [-0.4, -0.2) is 28.7 Å². The van der Waals surface area contributed by atoms with Gasteiger partial charge in [-0.3, -0.25) is 14.9 Å². The predicted molar refractivity (Wildman–Crippen MR) is 57.5 cm³/mol. The summed E-state index contributed by atoms with van der Waals surface area (Å²) in [5.41, 5.74) is -0.934.